The summed E-state index contributed by atoms with van der Waals surface area (Å²) < 4.78 is 0. The largest absolute Gasteiger partial charge is 0.396 e. The molecular formula is C9H13ClN2OS. The monoisotopic (exact) mass is 232 g/mol. The van der Waals surface area contributed by atoms with Gasteiger partial charge >= 0.3 is 0 Å². The average Bonchev–Trinajstić information content (AvgIpc) is 2.21. The van der Waals surface area contributed by atoms with Gasteiger partial charge in [-0.3, -0.25) is 0 Å². The van der Waals surface area contributed by atoms with Crippen LogP contribution < -0.4 is 0 Å². The lowest BCUT2D eigenvalue weighted by Crippen LogP contribution is -2.03. The third-order valence-corrected chi connectivity index (χ3v) is 3.16. The van der Waals surface area contributed by atoms with Gasteiger partial charge in [0.15, 0.2) is 5.15 Å². The van der Waals surface area contributed by atoms with Crippen LogP contribution in [0.5, 0.6) is 0 Å². The fourth-order valence-electron chi connectivity index (χ4n) is 0.838. The molecule has 0 aliphatic heterocycles. The van der Waals surface area contributed by atoms with Crippen molar-refractivity contribution in [1.82, 2.24) is 10.2 Å². The molecule has 0 amide bonds. The topological polar surface area (TPSA) is 46.0 Å². The van der Waals surface area contributed by atoms with Gasteiger partial charge in [0.2, 0.25) is 0 Å². The maximum absolute atomic E-state index is 8.81. The molecule has 0 radical (unpaired) electrons. The van der Waals surface area contributed by atoms with Gasteiger partial charge in [0.25, 0.3) is 0 Å². The first-order valence-corrected chi connectivity index (χ1v) is 5.92. The smallest absolute Gasteiger partial charge is 0.151 e. The Kier molecular flexibility index (Phi) is 5.22. The van der Waals surface area contributed by atoms with E-state index in [1.54, 1.807) is 17.8 Å². The highest BCUT2D eigenvalue weighted by molar-refractivity contribution is 7.98. The van der Waals surface area contributed by atoms with Crippen LogP contribution in [0, 0.1) is 5.92 Å². The lowest BCUT2D eigenvalue weighted by molar-refractivity contribution is 0.250. The Bertz CT molecular complexity index is 268. The van der Waals surface area contributed by atoms with Crippen molar-refractivity contribution in [1.29, 1.82) is 0 Å². The van der Waals surface area contributed by atoms with Crippen molar-refractivity contribution in [3.63, 3.8) is 0 Å². The summed E-state index contributed by atoms with van der Waals surface area (Å²) in [6.45, 7) is 2.25. The van der Waals surface area contributed by atoms with Crippen molar-refractivity contribution in [2.24, 2.45) is 5.92 Å². The van der Waals surface area contributed by atoms with Gasteiger partial charge in [-0.05, 0) is 23.8 Å². The van der Waals surface area contributed by atoms with E-state index >= 15 is 0 Å². The second kappa shape index (κ2) is 6.22. The molecule has 1 heterocycles. The van der Waals surface area contributed by atoms with E-state index in [1.807, 2.05) is 13.0 Å². The number of aliphatic hydroxyl groups excluding tert-OH is 1. The second-order valence-corrected chi connectivity index (χ2v) is 4.57. The van der Waals surface area contributed by atoms with Crippen molar-refractivity contribution in [3.8, 4) is 0 Å². The minimum absolute atomic E-state index is 0.235. The number of rotatable bonds is 5. The number of hydrogen-bond acceptors (Lipinski definition) is 4. The molecule has 1 aromatic heterocycles. The number of aliphatic hydroxyl groups is 1. The Hall–Kier alpha value is -0.320. The molecule has 0 fully saturated rings. The normalized spacial score (nSPS) is 12.8. The highest BCUT2D eigenvalue weighted by Crippen LogP contribution is 2.14. The van der Waals surface area contributed by atoms with Crippen molar-refractivity contribution in [2.75, 3.05) is 12.4 Å². The Balaban J connectivity index is 2.28. The van der Waals surface area contributed by atoms with Crippen LogP contribution in [0.2, 0.25) is 5.15 Å². The predicted octanol–water partition coefficient (Wildman–Crippen LogP) is 1.99. The molecule has 3 nitrogen and oxygen atoms in total. The van der Waals surface area contributed by atoms with Gasteiger partial charge in [-0.2, -0.15) is 16.9 Å². The van der Waals surface area contributed by atoms with Crippen LogP contribution in [0.1, 0.15) is 12.6 Å². The molecular weight excluding hydrogens is 220 g/mol. The molecule has 1 atom stereocenters. The van der Waals surface area contributed by atoms with E-state index in [0.29, 0.717) is 11.1 Å². The van der Waals surface area contributed by atoms with Crippen LogP contribution in [0.4, 0.5) is 0 Å². The van der Waals surface area contributed by atoms with Gasteiger partial charge in [-0.25, -0.2) is 0 Å². The molecule has 0 saturated carbocycles. The predicted molar refractivity (Wildman–Crippen MR) is 59.5 cm³/mol. The molecule has 0 aliphatic carbocycles. The number of hydrogen-bond donors (Lipinski definition) is 1. The summed E-state index contributed by atoms with van der Waals surface area (Å²) in [5.74, 6) is 2.08. The highest BCUT2D eigenvalue weighted by Gasteiger charge is 2.01. The summed E-state index contributed by atoms with van der Waals surface area (Å²) in [4.78, 5) is 0. The van der Waals surface area contributed by atoms with Crippen LogP contribution >= 0.6 is 23.4 Å². The van der Waals surface area contributed by atoms with Crippen molar-refractivity contribution >= 4 is 23.4 Å². The third kappa shape index (κ3) is 4.26. The average molecular weight is 233 g/mol. The first-order chi connectivity index (χ1) is 6.72. The summed E-state index contributed by atoms with van der Waals surface area (Å²) in [7, 11) is 0. The summed E-state index contributed by atoms with van der Waals surface area (Å²) in [6, 6.07) is 3.60. The Morgan fingerprint density at radius 2 is 2.29 bits per heavy atom. The minimum atomic E-state index is 0.235. The first kappa shape index (κ1) is 11.8. The van der Waals surface area contributed by atoms with Gasteiger partial charge in [-0.1, -0.05) is 18.5 Å². The molecule has 0 aromatic carbocycles. The van der Waals surface area contributed by atoms with E-state index in [9.17, 15) is 0 Å². The lowest BCUT2D eigenvalue weighted by atomic mass is 10.2. The fraction of sp³-hybridized carbons (Fsp3) is 0.556. The SMILES string of the molecule is CC(CO)CSCc1ccc(Cl)nn1. The summed E-state index contributed by atoms with van der Waals surface area (Å²) in [6.07, 6.45) is 0. The molecule has 0 saturated heterocycles. The zero-order valence-corrected chi connectivity index (χ0v) is 9.55. The van der Waals surface area contributed by atoms with Gasteiger partial charge in [-0.15, -0.1) is 5.10 Å². The molecule has 78 valence electrons. The molecule has 1 rings (SSSR count). The number of nitrogens with zero attached hydrogens (tertiary/aromatic N) is 2. The Labute approximate surface area is 92.9 Å². The minimum Gasteiger partial charge on any atom is -0.396 e. The van der Waals surface area contributed by atoms with E-state index in [-0.39, 0.29) is 6.61 Å². The zero-order valence-electron chi connectivity index (χ0n) is 7.98. The van der Waals surface area contributed by atoms with Crippen LogP contribution in [0.25, 0.3) is 0 Å². The fourth-order valence-corrected chi connectivity index (χ4v) is 1.93. The van der Waals surface area contributed by atoms with Gasteiger partial charge in [0, 0.05) is 12.4 Å². The van der Waals surface area contributed by atoms with Crippen LogP contribution in [-0.2, 0) is 5.75 Å². The summed E-state index contributed by atoms with van der Waals surface area (Å²) in [5.41, 5.74) is 0.921. The van der Waals surface area contributed by atoms with Crippen molar-refractivity contribution in [3.05, 3.63) is 23.0 Å². The van der Waals surface area contributed by atoms with Gasteiger partial charge in [0.1, 0.15) is 0 Å². The van der Waals surface area contributed by atoms with E-state index in [1.165, 1.54) is 0 Å². The number of thioether (sulfide) groups is 1. The molecule has 1 N–H and O–H groups in total. The lowest BCUT2D eigenvalue weighted by Gasteiger charge is -2.05. The highest BCUT2D eigenvalue weighted by atomic mass is 35.5. The van der Waals surface area contributed by atoms with E-state index in [2.05, 4.69) is 10.2 Å². The standard InChI is InChI=1S/C9H13ClN2OS/c1-7(4-13)5-14-6-8-2-3-9(10)12-11-8/h2-3,7,13H,4-6H2,1H3. The van der Waals surface area contributed by atoms with Gasteiger partial charge in [0.05, 0.1) is 5.69 Å². The van der Waals surface area contributed by atoms with Crippen LogP contribution in [-0.4, -0.2) is 27.7 Å². The third-order valence-electron chi connectivity index (χ3n) is 1.65. The quantitative estimate of drug-likeness (QED) is 0.844. The number of halogens is 1. The van der Waals surface area contributed by atoms with Crippen molar-refractivity contribution < 1.29 is 5.11 Å². The second-order valence-electron chi connectivity index (χ2n) is 3.15. The van der Waals surface area contributed by atoms with Crippen LogP contribution in [0.3, 0.4) is 0 Å². The van der Waals surface area contributed by atoms with Crippen molar-refractivity contribution in [2.45, 2.75) is 12.7 Å². The first-order valence-electron chi connectivity index (χ1n) is 4.39. The van der Waals surface area contributed by atoms with E-state index < -0.39 is 0 Å². The molecule has 0 bridgehead atoms. The summed E-state index contributed by atoms with van der Waals surface area (Å²) >= 11 is 7.34. The zero-order chi connectivity index (χ0) is 10.4. The summed E-state index contributed by atoms with van der Waals surface area (Å²) in [5, 5.41) is 16.9. The Morgan fingerprint density at radius 1 is 1.50 bits per heavy atom. The van der Waals surface area contributed by atoms with E-state index in [4.69, 9.17) is 16.7 Å². The molecule has 1 aromatic rings. The maximum atomic E-state index is 8.81. The van der Waals surface area contributed by atoms with Gasteiger partial charge < -0.3 is 5.11 Å². The molecule has 1 unspecified atom stereocenters. The maximum Gasteiger partial charge on any atom is 0.151 e. The molecule has 14 heavy (non-hydrogen) atoms. The van der Waals surface area contributed by atoms with E-state index in [0.717, 1.165) is 17.2 Å². The van der Waals surface area contributed by atoms with Crippen LogP contribution in [0.15, 0.2) is 12.1 Å². The molecule has 0 aliphatic rings. The molecule has 0 spiro atoms. The molecule has 5 heteroatoms. The number of aromatic nitrogens is 2. The Morgan fingerprint density at radius 3 is 2.86 bits per heavy atom.